The third-order valence-corrected chi connectivity index (χ3v) is 2.24. The minimum atomic E-state index is -0.518. The molecule has 0 saturated heterocycles. The Morgan fingerprint density at radius 1 is 1.46 bits per heavy atom. The molecule has 0 atom stereocenters. The second-order valence-electron chi connectivity index (χ2n) is 2.93. The van der Waals surface area contributed by atoms with Crippen LogP contribution in [-0.2, 0) is 17.9 Å². The van der Waals surface area contributed by atoms with Crippen molar-refractivity contribution in [3.05, 3.63) is 33.8 Å². The van der Waals surface area contributed by atoms with Crippen LogP contribution >= 0.6 is 15.9 Å². The van der Waals surface area contributed by atoms with Crippen molar-refractivity contribution in [1.82, 2.24) is 0 Å². The van der Waals surface area contributed by atoms with Gasteiger partial charge in [0.15, 0.2) is 0 Å². The summed E-state index contributed by atoms with van der Waals surface area (Å²) in [6.45, 7) is 0.985. The van der Waals surface area contributed by atoms with Gasteiger partial charge in [-0.25, -0.2) is 4.39 Å². The van der Waals surface area contributed by atoms with Gasteiger partial charge in [0.05, 0.1) is 0 Å². The number of benzene rings is 1. The number of rotatable bonds is 3. The summed E-state index contributed by atoms with van der Waals surface area (Å²) >= 11 is 3.28. The largest absolute Gasteiger partial charge is 0.300 e. The Morgan fingerprint density at radius 2 is 2.15 bits per heavy atom. The van der Waals surface area contributed by atoms with Crippen LogP contribution in [-0.4, -0.2) is 5.78 Å². The second-order valence-corrected chi connectivity index (χ2v) is 3.84. The molecule has 0 spiro atoms. The minimum absolute atomic E-state index is 0.0489. The summed E-state index contributed by atoms with van der Waals surface area (Å²) in [5.41, 5.74) is 1.36. The molecule has 0 fully saturated rings. The predicted octanol–water partition coefficient (Wildman–Crippen LogP) is 3.05. The van der Waals surface area contributed by atoms with E-state index < -0.39 is 6.67 Å². The Morgan fingerprint density at radius 3 is 2.69 bits per heavy atom. The highest BCUT2D eigenvalue weighted by molar-refractivity contribution is 9.10. The Bertz CT molecular complexity index is 323. The van der Waals surface area contributed by atoms with Crippen molar-refractivity contribution in [3.63, 3.8) is 0 Å². The molecular weight excluding hydrogens is 235 g/mol. The first kappa shape index (κ1) is 10.4. The summed E-state index contributed by atoms with van der Waals surface area (Å²) in [4.78, 5) is 10.9. The van der Waals surface area contributed by atoms with E-state index in [1.807, 2.05) is 0 Å². The van der Waals surface area contributed by atoms with Gasteiger partial charge >= 0.3 is 0 Å². The topological polar surface area (TPSA) is 17.1 Å². The first-order valence-electron chi connectivity index (χ1n) is 3.96. The lowest BCUT2D eigenvalue weighted by Crippen LogP contribution is -2.00. The monoisotopic (exact) mass is 244 g/mol. The fraction of sp³-hybridized carbons (Fsp3) is 0.300. The lowest BCUT2D eigenvalue weighted by atomic mass is 10.0. The van der Waals surface area contributed by atoms with Gasteiger partial charge in [0.2, 0.25) is 0 Å². The molecule has 0 amide bonds. The summed E-state index contributed by atoms with van der Waals surface area (Å²) in [6.07, 6.45) is 0.304. The van der Waals surface area contributed by atoms with Gasteiger partial charge in [-0.2, -0.15) is 0 Å². The number of carbonyl (C=O) groups is 1. The van der Waals surface area contributed by atoms with Crippen molar-refractivity contribution < 1.29 is 9.18 Å². The number of halogens is 2. The normalized spacial score (nSPS) is 10.1. The third-order valence-electron chi connectivity index (χ3n) is 1.75. The number of hydrogen-bond donors (Lipinski definition) is 0. The molecule has 1 rings (SSSR count). The fourth-order valence-electron chi connectivity index (χ4n) is 1.16. The molecule has 1 aromatic rings. The van der Waals surface area contributed by atoms with Crippen molar-refractivity contribution in [2.75, 3.05) is 0 Å². The van der Waals surface area contributed by atoms with Gasteiger partial charge in [-0.05, 0) is 30.2 Å². The summed E-state index contributed by atoms with van der Waals surface area (Å²) in [5, 5.41) is 0. The smallest absolute Gasteiger partial charge is 0.134 e. The molecule has 0 aliphatic carbocycles. The lowest BCUT2D eigenvalue weighted by molar-refractivity contribution is -0.116. The summed E-state index contributed by atoms with van der Waals surface area (Å²) < 4.78 is 13.3. The zero-order valence-electron chi connectivity index (χ0n) is 7.31. The van der Waals surface area contributed by atoms with E-state index in [-0.39, 0.29) is 5.78 Å². The molecule has 13 heavy (non-hydrogen) atoms. The van der Waals surface area contributed by atoms with Crippen LogP contribution in [0.2, 0.25) is 0 Å². The van der Waals surface area contributed by atoms with Crippen LogP contribution in [0.5, 0.6) is 0 Å². The molecule has 0 aliphatic rings. The van der Waals surface area contributed by atoms with Crippen LogP contribution in [0.25, 0.3) is 0 Å². The molecule has 0 bridgehead atoms. The molecule has 0 N–H and O–H groups in total. The van der Waals surface area contributed by atoms with Crippen molar-refractivity contribution in [1.29, 1.82) is 0 Å². The number of hydrogen-bond acceptors (Lipinski definition) is 1. The van der Waals surface area contributed by atoms with Gasteiger partial charge in [-0.15, -0.1) is 0 Å². The molecule has 0 saturated carbocycles. The Balaban J connectivity index is 3.01. The molecule has 3 heteroatoms. The van der Waals surface area contributed by atoms with Gasteiger partial charge in [0, 0.05) is 10.9 Å². The molecule has 1 nitrogen and oxygen atoms in total. The van der Waals surface area contributed by atoms with E-state index in [9.17, 15) is 9.18 Å². The third kappa shape index (κ3) is 2.92. The number of carbonyl (C=O) groups excluding carboxylic acids is 1. The standard InChI is InChI=1S/C10H10BrFO/c1-7(13)4-9-5-10(11)3-2-8(9)6-12/h2-3,5H,4,6H2,1H3. The van der Waals surface area contributed by atoms with E-state index in [1.165, 1.54) is 6.92 Å². The molecule has 1 aromatic carbocycles. The fourth-order valence-corrected chi connectivity index (χ4v) is 1.57. The molecule has 0 aromatic heterocycles. The van der Waals surface area contributed by atoms with Gasteiger partial charge in [-0.3, -0.25) is 4.79 Å². The molecule has 70 valence electrons. The average Bonchev–Trinajstić information content (AvgIpc) is 2.03. The summed E-state index contributed by atoms with van der Waals surface area (Å²) in [7, 11) is 0. The highest BCUT2D eigenvalue weighted by Gasteiger charge is 2.05. The van der Waals surface area contributed by atoms with E-state index in [1.54, 1.807) is 18.2 Å². The van der Waals surface area contributed by atoms with Crippen molar-refractivity contribution in [2.45, 2.75) is 20.0 Å². The van der Waals surface area contributed by atoms with Crippen LogP contribution in [0, 0.1) is 0 Å². The lowest BCUT2D eigenvalue weighted by Gasteiger charge is -2.04. The van der Waals surface area contributed by atoms with E-state index in [0.29, 0.717) is 12.0 Å². The van der Waals surface area contributed by atoms with Crippen LogP contribution in [0.1, 0.15) is 18.1 Å². The molecule has 0 radical (unpaired) electrons. The maximum Gasteiger partial charge on any atom is 0.134 e. The van der Waals surface area contributed by atoms with Gasteiger partial charge in [0.25, 0.3) is 0 Å². The first-order valence-corrected chi connectivity index (χ1v) is 4.75. The number of ketones is 1. The molecule has 0 heterocycles. The number of Topliss-reactive ketones (excluding diaryl/α,β-unsaturated/α-hetero) is 1. The molecular formula is C10H10BrFO. The van der Waals surface area contributed by atoms with Gasteiger partial charge in [0.1, 0.15) is 12.5 Å². The van der Waals surface area contributed by atoms with Crippen molar-refractivity contribution >= 4 is 21.7 Å². The Kier molecular flexibility index (Phi) is 3.60. The van der Waals surface area contributed by atoms with E-state index in [0.717, 1.165) is 10.0 Å². The maximum atomic E-state index is 12.4. The Labute approximate surface area is 85.1 Å². The summed E-state index contributed by atoms with van der Waals surface area (Å²) in [5.74, 6) is 0.0489. The minimum Gasteiger partial charge on any atom is -0.300 e. The molecule has 0 unspecified atom stereocenters. The van der Waals surface area contributed by atoms with E-state index in [2.05, 4.69) is 15.9 Å². The first-order chi connectivity index (χ1) is 6.13. The zero-order valence-corrected chi connectivity index (χ0v) is 8.90. The van der Waals surface area contributed by atoms with E-state index >= 15 is 0 Å². The highest BCUT2D eigenvalue weighted by atomic mass is 79.9. The van der Waals surface area contributed by atoms with Crippen molar-refractivity contribution in [2.24, 2.45) is 0 Å². The zero-order chi connectivity index (χ0) is 9.84. The van der Waals surface area contributed by atoms with Crippen LogP contribution in [0.15, 0.2) is 22.7 Å². The van der Waals surface area contributed by atoms with Gasteiger partial charge < -0.3 is 0 Å². The van der Waals surface area contributed by atoms with Crippen LogP contribution in [0.4, 0.5) is 4.39 Å². The predicted molar refractivity (Wildman–Crippen MR) is 53.3 cm³/mol. The quantitative estimate of drug-likeness (QED) is 0.799. The highest BCUT2D eigenvalue weighted by Crippen LogP contribution is 2.18. The van der Waals surface area contributed by atoms with Gasteiger partial charge in [-0.1, -0.05) is 22.0 Å². The second kappa shape index (κ2) is 4.51. The van der Waals surface area contributed by atoms with Crippen molar-refractivity contribution in [3.8, 4) is 0 Å². The van der Waals surface area contributed by atoms with Crippen LogP contribution in [0.3, 0.4) is 0 Å². The molecule has 0 aliphatic heterocycles. The summed E-state index contributed by atoms with van der Waals surface area (Å²) in [6, 6.07) is 5.26. The van der Waals surface area contributed by atoms with Crippen LogP contribution < -0.4 is 0 Å². The maximum absolute atomic E-state index is 12.4. The SMILES string of the molecule is CC(=O)Cc1cc(Br)ccc1CF. The van der Waals surface area contributed by atoms with E-state index in [4.69, 9.17) is 0 Å². The Hall–Kier alpha value is -0.700. The average molecular weight is 245 g/mol. The number of alkyl halides is 1.